The van der Waals surface area contributed by atoms with Crippen molar-refractivity contribution in [1.82, 2.24) is 15.2 Å². The zero-order valence-electron chi connectivity index (χ0n) is 21.4. The number of hydrogen-bond donors (Lipinski definition) is 2. The molecule has 1 fully saturated rings. The molecule has 5 heterocycles. The van der Waals surface area contributed by atoms with E-state index in [2.05, 4.69) is 34.5 Å². The molecule has 3 aliphatic rings. The van der Waals surface area contributed by atoms with Crippen molar-refractivity contribution in [1.29, 1.82) is 0 Å². The first-order valence-electron chi connectivity index (χ1n) is 13.2. The fourth-order valence-corrected chi connectivity index (χ4v) is 7.52. The summed E-state index contributed by atoms with van der Waals surface area (Å²) in [7, 11) is 0. The number of pyridine rings is 1. The van der Waals surface area contributed by atoms with Crippen LogP contribution in [0.3, 0.4) is 0 Å². The zero-order chi connectivity index (χ0) is 26.9. The highest BCUT2D eigenvalue weighted by atomic mass is 35.5. The Morgan fingerprint density at radius 3 is 2.77 bits per heavy atom. The number of halogens is 1. The molecule has 4 aromatic rings. The molecule has 9 heteroatoms. The topological polar surface area (TPSA) is 85.8 Å². The first-order valence-corrected chi connectivity index (χ1v) is 14.4. The Labute approximate surface area is 236 Å². The van der Waals surface area contributed by atoms with Crippen LogP contribution < -0.4 is 10.2 Å². The predicted molar refractivity (Wildman–Crippen MR) is 156 cm³/mol. The Balaban J connectivity index is 0.000000883. The van der Waals surface area contributed by atoms with Crippen LogP contribution >= 0.6 is 22.9 Å². The minimum atomic E-state index is -0.250. The van der Waals surface area contributed by atoms with Crippen LogP contribution in [0.2, 0.25) is 5.02 Å². The second-order valence-corrected chi connectivity index (χ2v) is 11.7. The lowest BCUT2D eigenvalue weighted by Gasteiger charge is -2.38. The van der Waals surface area contributed by atoms with Crippen molar-refractivity contribution in [2.45, 2.75) is 38.4 Å². The lowest BCUT2D eigenvalue weighted by Crippen LogP contribution is -2.40. The minimum absolute atomic E-state index is 0.112. The highest BCUT2D eigenvalue weighted by molar-refractivity contribution is 7.19. The summed E-state index contributed by atoms with van der Waals surface area (Å²) in [6, 6.07) is 17.0. The smallest absolute Gasteiger partial charge is 0.290 e. The fourth-order valence-electron chi connectivity index (χ4n) is 6.12. The summed E-state index contributed by atoms with van der Waals surface area (Å²) in [6.07, 6.45) is 5.29. The largest absolute Gasteiger partial charge is 0.483 e. The van der Waals surface area contributed by atoms with E-state index >= 15 is 0 Å². The molecule has 39 heavy (non-hydrogen) atoms. The zero-order valence-corrected chi connectivity index (χ0v) is 23.0. The van der Waals surface area contributed by atoms with Gasteiger partial charge in [-0.3, -0.25) is 14.6 Å². The molecule has 2 aromatic heterocycles. The third-order valence-corrected chi connectivity index (χ3v) is 9.12. The van der Waals surface area contributed by atoms with E-state index < -0.39 is 0 Å². The number of carboxylic acid groups (broad SMARTS) is 1. The van der Waals surface area contributed by atoms with E-state index in [9.17, 15) is 4.79 Å². The predicted octanol–water partition coefficient (Wildman–Crippen LogP) is 5.59. The third kappa shape index (κ3) is 4.88. The number of carbonyl (C=O) groups is 2. The maximum Gasteiger partial charge on any atom is 0.290 e. The van der Waals surface area contributed by atoms with Gasteiger partial charge in [0.05, 0.1) is 16.8 Å². The monoisotopic (exact) mass is 560 g/mol. The van der Waals surface area contributed by atoms with Gasteiger partial charge >= 0.3 is 0 Å². The van der Waals surface area contributed by atoms with Gasteiger partial charge in [0.1, 0.15) is 0 Å². The van der Waals surface area contributed by atoms with Crippen molar-refractivity contribution in [3.63, 3.8) is 0 Å². The third-order valence-electron chi connectivity index (χ3n) is 7.76. The van der Waals surface area contributed by atoms with E-state index in [0.29, 0.717) is 19.1 Å². The fraction of sp³-hybridized carbons (Fsp3) is 0.300. The molecule has 1 atom stereocenters. The van der Waals surface area contributed by atoms with Crippen molar-refractivity contribution in [3.8, 4) is 11.1 Å². The van der Waals surface area contributed by atoms with Gasteiger partial charge in [-0.2, -0.15) is 0 Å². The molecule has 0 radical (unpaired) electrons. The summed E-state index contributed by atoms with van der Waals surface area (Å²) in [5.41, 5.74) is 7.98. The number of amides is 1. The number of benzene rings is 2. The van der Waals surface area contributed by atoms with Gasteiger partial charge in [-0.05, 0) is 67.3 Å². The van der Waals surface area contributed by atoms with E-state index in [1.807, 2.05) is 35.4 Å². The molecule has 2 aromatic carbocycles. The molecule has 200 valence electrons. The molecular weight excluding hydrogens is 532 g/mol. The van der Waals surface area contributed by atoms with E-state index in [4.69, 9.17) is 26.5 Å². The number of thiophene rings is 1. The number of aromatic nitrogens is 1. The SMILES string of the molecule is O=C1c2ccccc2CN1Cc1cc2nccc(-c3cc(Cl)cc4c3N([C@H]3CCNC3)CCC4)c2s1.O=CO. The molecule has 2 N–H and O–H groups in total. The van der Waals surface area contributed by atoms with Crippen LogP contribution in [0.25, 0.3) is 21.3 Å². The van der Waals surface area contributed by atoms with E-state index in [1.165, 1.54) is 28.8 Å². The van der Waals surface area contributed by atoms with Gasteiger partial charge in [-0.15, -0.1) is 11.3 Å². The number of rotatable bonds is 4. The van der Waals surface area contributed by atoms with Gasteiger partial charge in [0.25, 0.3) is 12.4 Å². The summed E-state index contributed by atoms with van der Waals surface area (Å²) in [5, 5.41) is 11.2. The van der Waals surface area contributed by atoms with E-state index in [0.717, 1.165) is 63.7 Å². The van der Waals surface area contributed by atoms with Crippen molar-refractivity contribution in [3.05, 3.63) is 81.3 Å². The normalized spacial score (nSPS) is 18.1. The highest BCUT2D eigenvalue weighted by Gasteiger charge is 2.31. The maximum absolute atomic E-state index is 13.0. The van der Waals surface area contributed by atoms with Crippen LogP contribution in [-0.2, 0) is 24.3 Å². The van der Waals surface area contributed by atoms with Crippen LogP contribution in [0.1, 0.15) is 39.2 Å². The summed E-state index contributed by atoms with van der Waals surface area (Å²) in [6.45, 7) is 4.20. The second kappa shape index (κ2) is 11.0. The van der Waals surface area contributed by atoms with Crippen molar-refractivity contribution >= 4 is 51.2 Å². The molecule has 7 nitrogen and oxygen atoms in total. The van der Waals surface area contributed by atoms with Crippen molar-refractivity contribution in [2.75, 3.05) is 24.5 Å². The standard InChI is InChI=1S/C29H27ClN4OS.CH2O2/c30-20-12-18-5-3-11-34(21-7-9-31-15-21)27(18)25(13-20)24-8-10-32-26-14-22(36-28(24)26)17-33-16-19-4-1-2-6-23(19)29(33)35;2-1-3/h1-2,4,6,8,10,12-14,21,31H,3,5,7,9,11,15-17H2;1H,(H,2,3)/t21-;/m0./s1. The Kier molecular flexibility index (Phi) is 7.25. The van der Waals surface area contributed by atoms with Crippen LogP contribution in [0.5, 0.6) is 0 Å². The van der Waals surface area contributed by atoms with E-state index in [-0.39, 0.29) is 12.4 Å². The number of hydrogen-bond acceptors (Lipinski definition) is 6. The molecule has 0 aliphatic carbocycles. The number of anilines is 1. The molecule has 1 saturated heterocycles. The summed E-state index contributed by atoms with van der Waals surface area (Å²) in [5.74, 6) is 0.112. The Bertz CT molecular complexity index is 1550. The summed E-state index contributed by atoms with van der Waals surface area (Å²) in [4.78, 5) is 31.7. The second-order valence-electron chi connectivity index (χ2n) is 10.1. The average molecular weight is 561 g/mol. The van der Waals surface area contributed by atoms with Gasteiger partial charge in [0.2, 0.25) is 0 Å². The minimum Gasteiger partial charge on any atom is -0.483 e. The molecule has 0 bridgehead atoms. The summed E-state index contributed by atoms with van der Waals surface area (Å²) < 4.78 is 1.16. The molecule has 3 aliphatic heterocycles. The quantitative estimate of drug-likeness (QED) is 0.317. The number of fused-ring (bicyclic) bond motifs is 3. The number of nitrogens with one attached hydrogen (secondary N) is 1. The number of carbonyl (C=O) groups excluding carboxylic acids is 1. The Morgan fingerprint density at radius 2 is 1.97 bits per heavy atom. The molecule has 0 unspecified atom stereocenters. The molecule has 0 spiro atoms. The van der Waals surface area contributed by atoms with Gasteiger partial charge in [-0.25, -0.2) is 0 Å². The Hall–Kier alpha value is -3.46. The van der Waals surface area contributed by atoms with Gasteiger partial charge in [0.15, 0.2) is 0 Å². The number of aryl methyl sites for hydroxylation is 1. The number of nitrogens with zero attached hydrogens (tertiary/aromatic N) is 3. The van der Waals surface area contributed by atoms with Gasteiger partial charge in [-0.1, -0.05) is 29.8 Å². The van der Waals surface area contributed by atoms with Gasteiger partial charge in [0, 0.05) is 64.2 Å². The van der Waals surface area contributed by atoms with E-state index in [1.54, 1.807) is 11.3 Å². The summed E-state index contributed by atoms with van der Waals surface area (Å²) >= 11 is 8.43. The molecular formula is C30H29ClN4O3S. The Morgan fingerprint density at radius 1 is 1.13 bits per heavy atom. The van der Waals surface area contributed by atoms with Crippen molar-refractivity contribution in [2.24, 2.45) is 0 Å². The molecule has 0 saturated carbocycles. The van der Waals surface area contributed by atoms with Gasteiger partial charge < -0.3 is 20.2 Å². The van der Waals surface area contributed by atoms with Crippen LogP contribution in [0.4, 0.5) is 5.69 Å². The van der Waals surface area contributed by atoms with Crippen LogP contribution in [0.15, 0.2) is 54.7 Å². The van der Waals surface area contributed by atoms with Crippen molar-refractivity contribution < 1.29 is 14.7 Å². The molecule has 7 rings (SSSR count). The molecule has 1 amide bonds. The lowest BCUT2D eigenvalue weighted by molar-refractivity contribution is -0.122. The highest BCUT2D eigenvalue weighted by Crippen LogP contribution is 2.44. The lowest BCUT2D eigenvalue weighted by atomic mass is 9.92. The first kappa shape index (κ1) is 25.8. The van der Waals surface area contributed by atoms with Crippen LogP contribution in [-0.4, -0.2) is 53.0 Å². The average Bonchev–Trinajstić information content (AvgIpc) is 3.68. The maximum atomic E-state index is 13.0. The first-order chi connectivity index (χ1) is 19.1. The van der Waals surface area contributed by atoms with Crippen LogP contribution in [0, 0.1) is 0 Å².